The van der Waals surface area contributed by atoms with Crippen molar-refractivity contribution in [2.75, 3.05) is 13.6 Å². The summed E-state index contributed by atoms with van der Waals surface area (Å²) in [7, 11) is 1.66. The molecule has 0 aromatic rings. The Labute approximate surface area is 120 Å². The van der Waals surface area contributed by atoms with Crippen LogP contribution in [0.1, 0.15) is 46.5 Å². The molecular weight excluding hydrogens is 258 g/mol. The Kier molecular flexibility index (Phi) is 7.67. The topological polar surface area (TPSA) is 93.4 Å². The molecule has 0 saturated carbocycles. The van der Waals surface area contributed by atoms with Crippen molar-refractivity contribution in [3.05, 3.63) is 0 Å². The maximum Gasteiger partial charge on any atom is 0.317 e. The van der Waals surface area contributed by atoms with Crippen molar-refractivity contribution in [3.8, 4) is 6.07 Å². The number of carboxylic acids is 1. The molecule has 6 heteroatoms. The first-order valence-electron chi connectivity index (χ1n) is 6.79. The molecule has 0 aromatic carbocycles. The van der Waals surface area contributed by atoms with E-state index in [1.165, 1.54) is 4.90 Å². The second-order valence-electron chi connectivity index (χ2n) is 5.86. The van der Waals surface area contributed by atoms with Gasteiger partial charge in [-0.05, 0) is 25.2 Å². The molecule has 0 radical (unpaired) electrons. The van der Waals surface area contributed by atoms with Crippen LogP contribution < -0.4 is 5.32 Å². The van der Waals surface area contributed by atoms with Crippen molar-refractivity contribution in [2.24, 2.45) is 5.41 Å². The van der Waals surface area contributed by atoms with Gasteiger partial charge in [-0.1, -0.05) is 13.8 Å². The lowest BCUT2D eigenvalue weighted by Crippen LogP contribution is -2.43. The number of carboxylic acid groups (broad SMARTS) is 1. The Balaban J connectivity index is 4.07. The molecule has 1 atom stereocenters. The highest BCUT2D eigenvalue weighted by atomic mass is 16.4. The molecule has 0 aliphatic rings. The van der Waals surface area contributed by atoms with Crippen molar-refractivity contribution in [3.63, 3.8) is 0 Å². The highest BCUT2D eigenvalue weighted by molar-refractivity contribution is 5.74. The maximum absolute atomic E-state index is 11.8. The van der Waals surface area contributed by atoms with Crippen LogP contribution in [0.2, 0.25) is 0 Å². The summed E-state index contributed by atoms with van der Waals surface area (Å²) in [4.78, 5) is 23.9. The SMILES string of the molecule is CC(CC#N)N(C)C(=O)NCCC(C)(C)CCC(=O)O. The van der Waals surface area contributed by atoms with E-state index < -0.39 is 5.97 Å². The van der Waals surface area contributed by atoms with Gasteiger partial charge in [-0.25, -0.2) is 4.79 Å². The molecule has 0 aliphatic carbocycles. The van der Waals surface area contributed by atoms with Gasteiger partial charge in [0, 0.05) is 26.1 Å². The fraction of sp³-hybridized carbons (Fsp3) is 0.786. The summed E-state index contributed by atoms with van der Waals surface area (Å²) in [6.45, 7) is 6.29. The molecule has 0 bridgehead atoms. The van der Waals surface area contributed by atoms with Gasteiger partial charge in [0.2, 0.25) is 0 Å². The van der Waals surface area contributed by atoms with Gasteiger partial charge >= 0.3 is 12.0 Å². The Morgan fingerprint density at radius 3 is 2.50 bits per heavy atom. The largest absolute Gasteiger partial charge is 0.481 e. The number of rotatable bonds is 8. The summed E-state index contributed by atoms with van der Waals surface area (Å²) in [5.74, 6) is -0.799. The number of urea groups is 1. The number of nitrogens with zero attached hydrogens (tertiary/aromatic N) is 2. The van der Waals surface area contributed by atoms with Gasteiger partial charge in [0.1, 0.15) is 0 Å². The number of aliphatic carboxylic acids is 1. The van der Waals surface area contributed by atoms with Crippen LogP contribution >= 0.6 is 0 Å². The average molecular weight is 283 g/mol. The monoisotopic (exact) mass is 283 g/mol. The molecule has 0 heterocycles. The van der Waals surface area contributed by atoms with Crippen LogP contribution in [0.3, 0.4) is 0 Å². The van der Waals surface area contributed by atoms with E-state index in [2.05, 4.69) is 5.32 Å². The van der Waals surface area contributed by atoms with E-state index in [1.54, 1.807) is 7.05 Å². The van der Waals surface area contributed by atoms with Crippen LogP contribution in [-0.2, 0) is 4.79 Å². The number of nitriles is 1. The molecule has 0 aliphatic heterocycles. The van der Waals surface area contributed by atoms with Crippen LogP contribution in [0.4, 0.5) is 4.79 Å². The van der Waals surface area contributed by atoms with Crippen LogP contribution in [0.25, 0.3) is 0 Å². The van der Waals surface area contributed by atoms with Crippen LogP contribution in [-0.4, -0.2) is 41.6 Å². The highest BCUT2D eigenvalue weighted by Gasteiger charge is 2.20. The third-order valence-electron chi connectivity index (χ3n) is 3.46. The smallest absolute Gasteiger partial charge is 0.317 e. The van der Waals surface area contributed by atoms with Gasteiger partial charge < -0.3 is 15.3 Å². The van der Waals surface area contributed by atoms with Gasteiger partial charge in [-0.3, -0.25) is 4.79 Å². The van der Waals surface area contributed by atoms with Crippen molar-refractivity contribution >= 4 is 12.0 Å². The van der Waals surface area contributed by atoms with Crippen LogP contribution in [0, 0.1) is 16.7 Å². The minimum Gasteiger partial charge on any atom is -0.481 e. The number of hydrogen-bond donors (Lipinski definition) is 2. The molecule has 0 aromatic heterocycles. The number of carbonyl (C=O) groups excluding carboxylic acids is 1. The van der Waals surface area contributed by atoms with E-state index in [4.69, 9.17) is 10.4 Å². The second-order valence-corrected chi connectivity index (χ2v) is 5.86. The number of nitrogens with one attached hydrogen (secondary N) is 1. The highest BCUT2D eigenvalue weighted by Crippen LogP contribution is 2.25. The zero-order chi connectivity index (χ0) is 15.8. The van der Waals surface area contributed by atoms with E-state index in [1.807, 2.05) is 26.8 Å². The molecule has 2 N–H and O–H groups in total. The molecule has 6 nitrogen and oxygen atoms in total. The van der Waals surface area contributed by atoms with Crippen molar-refractivity contribution in [1.29, 1.82) is 5.26 Å². The summed E-state index contributed by atoms with van der Waals surface area (Å²) in [5, 5.41) is 20.1. The predicted octanol–water partition coefficient (Wildman–Crippen LogP) is 2.21. The molecule has 0 rings (SSSR count). The van der Waals surface area contributed by atoms with Gasteiger partial charge in [0.15, 0.2) is 0 Å². The third-order valence-corrected chi connectivity index (χ3v) is 3.46. The second kappa shape index (κ2) is 8.41. The fourth-order valence-electron chi connectivity index (χ4n) is 1.67. The maximum atomic E-state index is 11.8. The van der Waals surface area contributed by atoms with E-state index in [9.17, 15) is 9.59 Å². The number of amides is 2. The Hall–Kier alpha value is -1.77. The summed E-state index contributed by atoms with van der Waals surface area (Å²) >= 11 is 0. The Bertz CT molecular complexity index is 374. The van der Waals surface area contributed by atoms with Crippen LogP contribution in [0.5, 0.6) is 0 Å². The van der Waals surface area contributed by atoms with Crippen molar-refractivity contribution in [1.82, 2.24) is 10.2 Å². The number of carbonyl (C=O) groups is 2. The standard InChI is InChI=1S/C14H25N3O3/c1-11(6-9-15)17(4)13(20)16-10-8-14(2,3)7-5-12(18)19/h11H,5-8,10H2,1-4H3,(H,16,20)(H,18,19). The predicted molar refractivity (Wildman–Crippen MR) is 76.1 cm³/mol. The van der Waals surface area contributed by atoms with Crippen molar-refractivity contribution < 1.29 is 14.7 Å². The van der Waals surface area contributed by atoms with Gasteiger partial charge in [0.25, 0.3) is 0 Å². The molecule has 0 spiro atoms. The zero-order valence-electron chi connectivity index (χ0n) is 12.8. The molecule has 0 saturated heterocycles. The van der Waals surface area contributed by atoms with E-state index >= 15 is 0 Å². The lowest BCUT2D eigenvalue weighted by molar-refractivity contribution is -0.137. The molecule has 114 valence electrons. The van der Waals surface area contributed by atoms with Gasteiger partial charge in [-0.2, -0.15) is 5.26 Å². The summed E-state index contributed by atoms with van der Waals surface area (Å²) in [6.07, 6.45) is 1.74. The first kappa shape index (κ1) is 18.2. The lowest BCUT2D eigenvalue weighted by Gasteiger charge is -2.26. The fourth-order valence-corrected chi connectivity index (χ4v) is 1.67. The summed E-state index contributed by atoms with van der Waals surface area (Å²) in [5.41, 5.74) is -0.123. The lowest BCUT2D eigenvalue weighted by atomic mass is 9.84. The third kappa shape index (κ3) is 7.62. The zero-order valence-corrected chi connectivity index (χ0v) is 12.8. The summed E-state index contributed by atoms with van der Waals surface area (Å²) in [6, 6.07) is 1.70. The minimum atomic E-state index is -0.799. The van der Waals surface area contributed by atoms with Gasteiger partial charge in [0.05, 0.1) is 12.5 Å². The normalized spacial score (nSPS) is 12.3. The first-order valence-corrected chi connectivity index (χ1v) is 6.79. The van der Waals surface area contributed by atoms with E-state index in [0.29, 0.717) is 25.8 Å². The molecule has 1 unspecified atom stereocenters. The minimum absolute atomic E-state index is 0.123. The molecule has 2 amide bonds. The van der Waals surface area contributed by atoms with Crippen LogP contribution in [0.15, 0.2) is 0 Å². The molecule has 0 fully saturated rings. The Morgan fingerprint density at radius 2 is 2.00 bits per heavy atom. The first-order chi connectivity index (χ1) is 9.19. The molecular formula is C14H25N3O3. The quantitative estimate of drug-likeness (QED) is 0.714. The average Bonchev–Trinajstić information content (AvgIpc) is 2.35. The molecule has 20 heavy (non-hydrogen) atoms. The number of hydrogen-bond acceptors (Lipinski definition) is 3. The summed E-state index contributed by atoms with van der Waals surface area (Å²) < 4.78 is 0. The van der Waals surface area contributed by atoms with Gasteiger partial charge in [-0.15, -0.1) is 0 Å². The van der Waals surface area contributed by atoms with E-state index in [-0.39, 0.29) is 23.9 Å². The Morgan fingerprint density at radius 1 is 1.40 bits per heavy atom. The van der Waals surface area contributed by atoms with Crippen molar-refractivity contribution in [2.45, 2.75) is 52.5 Å². The van der Waals surface area contributed by atoms with E-state index in [0.717, 1.165) is 0 Å².